The minimum atomic E-state index is -0.431. The molecule has 0 spiro atoms. The van der Waals surface area contributed by atoms with Crippen LogP contribution in [-0.4, -0.2) is 9.55 Å². The maximum Gasteiger partial charge on any atom is 0.329 e. The summed E-state index contributed by atoms with van der Waals surface area (Å²) in [5.74, 6) is 0.963. The van der Waals surface area contributed by atoms with Crippen molar-refractivity contribution in [1.29, 1.82) is 0 Å². The van der Waals surface area contributed by atoms with Crippen LogP contribution in [0.15, 0.2) is 15.7 Å². The van der Waals surface area contributed by atoms with Gasteiger partial charge in [-0.15, -0.1) is 0 Å². The molecule has 0 radical (unpaired) electrons. The van der Waals surface area contributed by atoms with Gasteiger partial charge < -0.3 is 5.73 Å². The van der Waals surface area contributed by atoms with Crippen LogP contribution in [0.3, 0.4) is 0 Å². The molecule has 5 heteroatoms. The maximum absolute atomic E-state index is 11.5. The lowest BCUT2D eigenvalue weighted by molar-refractivity contribution is 0.452. The van der Waals surface area contributed by atoms with Gasteiger partial charge in [0.25, 0.3) is 5.56 Å². The zero-order valence-corrected chi connectivity index (χ0v) is 9.24. The molecule has 1 heterocycles. The van der Waals surface area contributed by atoms with E-state index in [1.807, 2.05) is 0 Å². The number of hydrogen-bond acceptors (Lipinski definition) is 3. The van der Waals surface area contributed by atoms with E-state index in [0.29, 0.717) is 12.5 Å². The molecular weight excluding hydrogens is 206 g/mol. The van der Waals surface area contributed by atoms with Gasteiger partial charge >= 0.3 is 5.69 Å². The fraction of sp³-hybridized carbons (Fsp3) is 0.636. The van der Waals surface area contributed by atoms with E-state index < -0.39 is 11.2 Å². The lowest BCUT2D eigenvalue weighted by atomic mass is 10.0. The van der Waals surface area contributed by atoms with Gasteiger partial charge in [-0.1, -0.05) is 25.7 Å². The molecule has 2 rings (SSSR count). The Bertz CT molecular complexity index is 469. The van der Waals surface area contributed by atoms with Gasteiger partial charge in [0.2, 0.25) is 0 Å². The van der Waals surface area contributed by atoms with Crippen molar-refractivity contribution < 1.29 is 0 Å². The Morgan fingerprint density at radius 3 is 2.69 bits per heavy atom. The zero-order valence-electron chi connectivity index (χ0n) is 9.24. The molecule has 88 valence electrons. The molecule has 0 atom stereocenters. The van der Waals surface area contributed by atoms with E-state index in [9.17, 15) is 9.59 Å². The summed E-state index contributed by atoms with van der Waals surface area (Å²) in [6.45, 7) is 0.603. The smallest absolute Gasteiger partial charge is 0.329 e. The molecule has 0 unspecified atom stereocenters. The second-order valence-electron chi connectivity index (χ2n) is 4.45. The second-order valence-corrected chi connectivity index (χ2v) is 4.45. The predicted octanol–water partition coefficient (Wildman–Crippen LogP) is 0.699. The third kappa shape index (κ3) is 2.35. The first kappa shape index (κ1) is 11.0. The molecule has 1 aromatic heterocycles. The van der Waals surface area contributed by atoms with Crippen LogP contribution in [0, 0.1) is 5.92 Å². The molecule has 0 aliphatic heterocycles. The number of nitrogens with one attached hydrogen (secondary N) is 1. The van der Waals surface area contributed by atoms with Gasteiger partial charge in [0.15, 0.2) is 0 Å². The van der Waals surface area contributed by atoms with Gasteiger partial charge in [0.1, 0.15) is 5.82 Å². The number of nitrogens with zero attached hydrogens (tertiary/aromatic N) is 1. The summed E-state index contributed by atoms with van der Waals surface area (Å²) in [5.41, 5.74) is 4.82. The molecule has 5 nitrogen and oxygen atoms in total. The standard InChI is InChI=1S/C11H17N3O2/c12-9-7-10(15)13-11(16)14(9)6-5-8-3-1-2-4-8/h7-8H,1-6,12H2,(H,13,15,16). The fourth-order valence-corrected chi connectivity index (χ4v) is 2.38. The van der Waals surface area contributed by atoms with Gasteiger partial charge in [0.05, 0.1) is 0 Å². The van der Waals surface area contributed by atoms with Crippen molar-refractivity contribution >= 4 is 5.82 Å². The molecule has 1 saturated carbocycles. The minimum Gasteiger partial charge on any atom is -0.385 e. The number of nitrogens with two attached hydrogens (primary N) is 1. The maximum atomic E-state index is 11.5. The number of aromatic amines is 1. The molecule has 3 N–H and O–H groups in total. The number of nitrogen functional groups attached to an aromatic ring is 1. The van der Waals surface area contributed by atoms with Gasteiger partial charge in [-0.05, 0) is 12.3 Å². The molecule has 0 bridgehead atoms. The molecule has 1 aliphatic rings. The lowest BCUT2D eigenvalue weighted by Gasteiger charge is -2.11. The number of anilines is 1. The van der Waals surface area contributed by atoms with E-state index in [2.05, 4.69) is 4.98 Å². The first-order chi connectivity index (χ1) is 7.66. The highest BCUT2D eigenvalue weighted by atomic mass is 16.2. The molecule has 0 aromatic carbocycles. The molecule has 1 aliphatic carbocycles. The van der Waals surface area contributed by atoms with Crippen molar-refractivity contribution in [3.8, 4) is 0 Å². The summed E-state index contributed by atoms with van der Waals surface area (Å²) in [5, 5.41) is 0. The molecular formula is C11H17N3O2. The van der Waals surface area contributed by atoms with Crippen molar-refractivity contribution in [1.82, 2.24) is 9.55 Å². The Balaban J connectivity index is 2.09. The molecule has 0 amide bonds. The SMILES string of the molecule is Nc1cc(=O)[nH]c(=O)n1CCC1CCCC1. The van der Waals surface area contributed by atoms with E-state index in [-0.39, 0.29) is 5.82 Å². The number of H-pyrrole nitrogens is 1. The van der Waals surface area contributed by atoms with Crippen LogP contribution in [0.4, 0.5) is 5.82 Å². The Morgan fingerprint density at radius 1 is 1.38 bits per heavy atom. The van der Waals surface area contributed by atoms with E-state index in [4.69, 9.17) is 5.73 Å². The van der Waals surface area contributed by atoms with Crippen LogP contribution >= 0.6 is 0 Å². The van der Waals surface area contributed by atoms with Gasteiger partial charge in [-0.3, -0.25) is 14.3 Å². The second kappa shape index (κ2) is 4.55. The van der Waals surface area contributed by atoms with Crippen LogP contribution < -0.4 is 17.0 Å². The summed E-state index contributed by atoms with van der Waals surface area (Å²) >= 11 is 0. The van der Waals surface area contributed by atoms with E-state index in [1.54, 1.807) is 0 Å². The molecule has 16 heavy (non-hydrogen) atoms. The number of hydrogen-bond donors (Lipinski definition) is 2. The van der Waals surface area contributed by atoms with Gasteiger partial charge in [0, 0.05) is 12.6 Å². The first-order valence-electron chi connectivity index (χ1n) is 5.76. The lowest BCUT2D eigenvalue weighted by Crippen LogP contribution is -2.31. The Labute approximate surface area is 93.3 Å². The average Bonchev–Trinajstić information content (AvgIpc) is 2.68. The largest absolute Gasteiger partial charge is 0.385 e. The molecule has 1 fully saturated rings. The van der Waals surface area contributed by atoms with E-state index in [0.717, 1.165) is 6.42 Å². The average molecular weight is 223 g/mol. The van der Waals surface area contributed by atoms with Crippen LogP contribution in [0.2, 0.25) is 0 Å². The van der Waals surface area contributed by atoms with Gasteiger partial charge in [-0.2, -0.15) is 0 Å². The van der Waals surface area contributed by atoms with Crippen molar-refractivity contribution in [2.75, 3.05) is 5.73 Å². The monoisotopic (exact) mass is 223 g/mol. The van der Waals surface area contributed by atoms with Crippen LogP contribution in [0.5, 0.6) is 0 Å². The zero-order chi connectivity index (χ0) is 11.5. The number of rotatable bonds is 3. The highest BCUT2D eigenvalue weighted by Gasteiger charge is 2.15. The quantitative estimate of drug-likeness (QED) is 0.791. The van der Waals surface area contributed by atoms with E-state index in [1.165, 1.54) is 36.3 Å². The third-order valence-corrected chi connectivity index (χ3v) is 3.30. The highest BCUT2D eigenvalue weighted by molar-refractivity contribution is 5.25. The minimum absolute atomic E-state index is 0.256. The summed E-state index contributed by atoms with van der Waals surface area (Å²) in [6, 6.07) is 1.26. The third-order valence-electron chi connectivity index (χ3n) is 3.30. The summed E-state index contributed by atoms with van der Waals surface area (Å²) in [6.07, 6.45) is 6.05. The van der Waals surface area contributed by atoms with Crippen molar-refractivity contribution in [2.24, 2.45) is 5.92 Å². The Kier molecular flexibility index (Phi) is 3.12. The van der Waals surface area contributed by atoms with Crippen molar-refractivity contribution in [3.63, 3.8) is 0 Å². The normalized spacial score (nSPS) is 16.8. The number of aromatic nitrogens is 2. The van der Waals surface area contributed by atoms with Crippen LogP contribution in [0.25, 0.3) is 0 Å². The summed E-state index contributed by atoms with van der Waals surface area (Å²) in [4.78, 5) is 24.7. The molecule has 0 saturated heterocycles. The van der Waals surface area contributed by atoms with E-state index >= 15 is 0 Å². The summed E-state index contributed by atoms with van der Waals surface area (Å²) < 4.78 is 1.44. The Morgan fingerprint density at radius 2 is 2.06 bits per heavy atom. The predicted molar refractivity (Wildman–Crippen MR) is 62.3 cm³/mol. The van der Waals surface area contributed by atoms with Crippen LogP contribution in [-0.2, 0) is 6.54 Å². The summed E-state index contributed by atoms with van der Waals surface area (Å²) in [7, 11) is 0. The van der Waals surface area contributed by atoms with Crippen molar-refractivity contribution in [3.05, 3.63) is 26.9 Å². The molecule has 1 aromatic rings. The van der Waals surface area contributed by atoms with Gasteiger partial charge in [-0.25, -0.2) is 4.79 Å². The topological polar surface area (TPSA) is 80.9 Å². The first-order valence-corrected chi connectivity index (χ1v) is 5.76. The Hall–Kier alpha value is -1.52. The fourth-order valence-electron chi connectivity index (χ4n) is 2.38. The van der Waals surface area contributed by atoms with Crippen LogP contribution in [0.1, 0.15) is 32.1 Å². The van der Waals surface area contributed by atoms with Crippen molar-refractivity contribution in [2.45, 2.75) is 38.6 Å². The highest BCUT2D eigenvalue weighted by Crippen LogP contribution is 2.27.